The number of nitrogens with one attached hydrogen (secondary N) is 2. The predicted octanol–water partition coefficient (Wildman–Crippen LogP) is 5.75. The Labute approximate surface area is 256 Å². The van der Waals surface area contributed by atoms with E-state index in [-0.39, 0.29) is 38.1 Å². The average molecular weight is 697 g/mol. The van der Waals surface area contributed by atoms with Crippen molar-refractivity contribution in [3.63, 3.8) is 0 Å². The zero-order valence-corrected chi connectivity index (χ0v) is 24.3. The van der Waals surface area contributed by atoms with Crippen LogP contribution in [0.1, 0.15) is 21.0 Å². The summed E-state index contributed by atoms with van der Waals surface area (Å²) in [6.07, 6.45) is 5.16. The maximum absolute atomic E-state index is 13.0. The first-order valence-corrected chi connectivity index (χ1v) is 13.3. The van der Waals surface area contributed by atoms with E-state index < -0.39 is 23.7 Å². The number of carbonyl (C=O) groups is 2. The fourth-order valence-electron chi connectivity index (χ4n) is 3.47. The fraction of sp³-hybridized carbons (Fsp3) is 0. The number of anilines is 2. The van der Waals surface area contributed by atoms with E-state index in [4.69, 9.17) is 34.8 Å². The fourth-order valence-corrected chi connectivity index (χ4v) is 4.74. The van der Waals surface area contributed by atoms with Crippen LogP contribution in [0.2, 0.25) is 15.3 Å². The molecule has 42 heavy (non-hydrogen) atoms. The third-order valence-corrected chi connectivity index (χ3v) is 6.45. The van der Waals surface area contributed by atoms with Gasteiger partial charge in [0.2, 0.25) is 11.9 Å². The molecular weight excluding hydrogens is 685 g/mol. The highest BCUT2D eigenvalue weighted by Gasteiger charge is 2.17. The Bertz CT molecular complexity index is 1850. The second kappa shape index (κ2) is 12.3. The van der Waals surface area contributed by atoms with Crippen molar-refractivity contribution in [1.29, 1.82) is 0 Å². The molecule has 6 rings (SSSR count). The van der Waals surface area contributed by atoms with Gasteiger partial charge < -0.3 is 10.6 Å². The lowest BCUT2D eigenvalue weighted by atomic mass is 10.3. The van der Waals surface area contributed by atoms with E-state index in [2.05, 4.69) is 56.7 Å². The van der Waals surface area contributed by atoms with Gasteiger partial charge in [-0.1, -0.05) is 34.8 Å². The number of aromatic nitrogens is 8. The topological polar surface area (TPSA) is 144 Å². The van der Waals surface area contributed by atoms with E-state index in [1.807, 2.05) is 0 Å². The maximum atomic E-state index is 13.0. The van der Waals surface area contributed by atoms with Crippen LogP contribution in [-0.2, 0) is 0 Å². The number of rotatable bonds is 4. The average Bonchev–Trinajstić information content (AvgIpc) is 3.54. The Morgan fingerprint density at radius 1 is 0.714 bits per heavy atom. The molecule has 18 heteroatoms. The van der Waals surface area contributed by atoms with Gasteiger partial charge in [0, 0.05) is 35.9 Å². The largest absolute Gasteiger partial charge is 0.320 e. The molecule has 0 saturated heterocycles. The molecule has 2 N–H and O–H groups in total. The number of nitrogens with zero attached hydrogens (tertiary/aromatic N) is 8. The number of carbonyl (C=O) groups excluding carboxylic acids is 2. The Hall–Kier alpha value is -4.31. The molecule has 0 unspecified atom stereocenters. The summed E-state index contributed by atoms with van der Waals surface area (Å²) in [5.74, 6) is -2.40. The number of hydrogen-bond donors (Lipinski definition) is 2. The second-order valence-corrected chi connectivity index (χ2v) is 10.1. The molecule has 0 saturated carbocycles. The van der Waals surface area contributed by atoms with Gasteiger partial charge in [0.1, 0.15) is 0 Å². The standard InChI is InChI=1S/C12H6BrClFN5O.C12H6Cl2FN5O/c2*13-7-4-9(14)19-20-8(5-17-11(7)20)12(21)18-6-1-2-16-10(15)3-6/h2*1-5H,(H,16,18,21). The monoisotopic (exact) mass is 694 g/mol. The summed E-state index contributed by atoms with van der Waals surface area (Å²) < 4.78 is 29.1. The molecule has 0 radical (unpaired) electrons. The van der Waals surface area contributed by atoms with Crippen molar-refractivity contribution in [2.45, 2.75) is 0 Å². The summed E-state index contributed by atoms with van der Waals surface area (Å²) in [7, 11) is 0. The van der Waals surface area contributed by atoms with Gasteiger partial charge in [0.25, 0.3) is 11.8 Å². The normalized spacial score (nSPS) is 10.8. The van der Waals surface area contributed by atoms with Gasteiger partial charge in [-0.15, -0.1) is 0 Å². The Kier molecular flexibility index (Phi) is 8.54. The molecule has 6 aromatic rings. The van der Waals surface area contributed by atoms with Crippen LogP contribution in [0.15, 0.2) is 65.7 Å². The minimum Gasteiger partial charge on any atom is -0.320 e. The van der Waals surface area contributed by atoms with Crippen molar-refractivity contribution in [3.8, 4) is 0 Å². The molecule has 0 aliphatic rings. The minimum atomic E-state index is -0.699. The minimum absolute atomic E-state index is 0.117. The molecule has 0 aliphatic carbocycles. The second-order valence-electron chi connectivity index (χ2n) is 8.03. The highest BCUT2D eigenvalue weighted by atomic mass is 79.9. The van der Waals surface area contributed by atoms with Crippen LogP contribution >= 0.6 is 50.7 Å². The maximum Gasteiger partial charge on any atom is 0.276 e. The van der Waals surface area contributed by atoms with Crippen molar-refractivity contribution >= 4 is 85.2 Å². The quantitative estimate of drug-likeness (QED) is 0.222. The summed E-state index contributed by atoms with van der Waals surface area (Å²) in [6, 6.07) is 8.12. The molecule has 0 spiro atoms. The molecule has 0 aliphatic heterocycles. The van der Waals surface area contributed by atoms with E-state index >= 15 is 0 Å². The van der Waals surface area contributed by atoms with Gasteiger partial charge in [-0.3, -0.25) is 9.59 Å². The molecule has 2 amide bonds. The van der Waals surface area contributed by atoms with Gasteiger partial charge in [0.05, 0.1) is 21.9 Å². The summed E-state index contributed by atoms with van der Waals surface area (Å²) in [6.45, 7) is 0. The first-order chi connectivity index (χ1) is 20.1. The van der Waals surface area contributed by atoms with Crippen LogP contribution in [0.3, 0.4) is 0 Å². The summed E-state index contributed by atoms with van der Waals surface area (Å²) in [4.78, 5) is 39.3. The van der Waals surface area contributed by atoms with Crippen LogP contribution in [0, 0.1) is 11.9 Å². The van der Waals surface area contributed by atoms with Crippen molar-refractivity contribution < 1.29 is 18.4 Å². The van der Waals surface area contributed by atoms with Gasteiger partial charge in [0.15, 0.2) is 33.0 Å². The van der Waals surface area contributed by atoms with Gasteiger partial charge in [-0.2, -0.15) is 19.0 Å². The molecule has 0 atom stereocenters. The van der Waals surface area contributed by atoms with E-state index in [1.165, 1.54) is 52.0 Å². The predicted molar refractivity (Wildman–Crippen MR) is 153 cm³/mol. The number of pyridine rings is 2. The van der Waals surface area contributed by atoms with E-state index in [0.29, 0.717) is 15.8 Å². The number of amides is 2. The Balaban J connectivity index is 0.000000168. The molecule has 6 aromatic heterocycles. The van der Waals surface area contributed by atoms with Crippen molar-refractivity contribution in [2.24, 2.45) is 0 Å². The van der Waals surface area contributed by atoms with Gasteiger partial charge in [-0.25, -0.2) is 29.0 Å². The highest BCUT2D eigenvalue weighted by Crippen LogP contribution is 2.22. The van der Waals surface area contributed by atoms with Crippen LogP contribution in [-0.4, -0.2) is 51.0 Å². The Morgan fingerprint density at radius 2 is 1.19 bits per heavy atom. The number of hydrogen-bond acceptors (Lipinski definition) is 8. The van der Waals surface area contributed by atoms with E-state index in [0.717, 1.165) is 12.1 Å². The number of fused-ring (bicyclic) bond motifs is 2. The smallest absolute Gasteiger partial charge is 0.276 e. The zero-order valence-electron chi connectivity index (χ0n) is 20.4. The molecule has 6 heterocycles. The van der Waals surface area contributed by atoms with Gasteiger partial charge in [-0.05, 0) is 40.2 Å². The first kappa shape index (κ1) is 29.2. The van der Waals surface area contributed by atoms with Crippen LogP contribution in [0.25, 0.3) is 11.3 Å². The molecule has 0 aromatic carbocycles. The molecule has 212 valence electrons. The highest BCUT2D eigenvalue weighted by molar-refractivity contribution is 9.10. The lowest BCUT2D eigenvalue weighted by Crippen LogP contribution is -2.15. The molecule has 0 bridgehead atoms. The number of halogens is 6. The summed E-state index contributed by atoms with van der Waals surface area (Å²) in [5, 5.41) is 13.6. The lowest BCUT2D eigenvalue weighted by Gasteiger charge is -2.05. The SMILES string of the molecule is O=C(Nc1ccnc(F)c1)c1cnc2c(Br)cc(Cl)nn12.O=C(Nc1ccnc(F)c1)c1cnc2c(Cl)cc(Cl)nn12. The van der Waals surface area contributed by atoms with Gasteiger partial charge >= 0.3 is 0 Å². The van der Waals surface area contributed by atoms with Crippen LogP contribution < -0.4 is 10.6 Å². The lowest BCUT2D eigenvalue weighted by molar-refractivity contribution is 0.101. The first-order valence-electron chi connectivity index (χ1n) is 11.3. The zero-order chi connectivity index (χ0) is 30.0. The summed E-state index contributed by atoms with van der Waals surface area (Å²) >= 11 is 20.9. The van der Waals surface area contributed by atoms with Crippen LogP contribution in [0.5, 0.6) is 0 Å². The van der Waals surface area contributed by atoms with E-state index in [9.17, 15) is 18.4 Å². The molecule has 12 nitrogen and oxygen atoms in total. The third-order valence-electron chi connectivity index (χ3n) is 5.22. The van der Waals surface area contributed by atoms with Crippen molar-refractivity contribution in [3.05, 3.63) is 104 Å². The molecule has 0 fully saturated rings. The molecular formula is C24H12BrCl3F2N10O2. The third kappa shape index (κ3) is 6.44. The number of imidazole rings is 2. The van der Waals surface area contributed by atoms with Crippen LogP contribution in [0.4, 0.5) is 20.2 Å². The Morgan fingerprint density at radius 3 is 1.71 bits per heavy atom. The van der Waals surface area contributed by atoms with Crippen molar-refractivity contribution in [2.75, 3.05) is 10.6 Å². The van der Waals surface area contributed by atoms with E-state index in [1.54, 1.807) is 6.07 Å². The summed E-state index contributed by atoms with van der Waals surface area (Å²) in [5.41, 5.74) is 1.58. The van der Waals surface area contributed by atoms with Crippen molar-refractivity contribution in [1.82, 2.24) is 39.2 Å².